The zero-order valence-corrected chi connectivity index (χ0v) is 9.90. The van der Waals surface area contributed by atoms with Crippen LogP contribution < -0.4 is 5.32 Å². The predicted molar refractivity (Wildman–Crippen MR) is 64.1 cm³/mol. The van der Waals surface area contributed by atoms with Gasteiger partial charge in [0.25, 0.3) is 0 Å². The lowest BCUT2D eigenvalue weighted by molar-refractivity contribution is -0.137. The van der Waals surface area contributed by atoms with Crippen LogP contribution in [0, 0.1) is 13.8 Å². The molecule has 0 fully saturated rings. The van der Waals surface area contributed by atoms with E-state index in [0.717, 1.165) is 16.7 Å². The molecule has 1 atom stereocenters. The molecule has 17 heavy (non-hydrogen) atoms. The van der Waals surface area contributed by atoms with Gasteiger partial charge in [-0.2, -0.15) is 0 Å². The Labute approximate surface area is 98.1 Å². The highest BCUT2D eigenvalue weighted by molar-refractivity contribution is 5.89. The van der Waals surface area contributed by atoms with Gasteiger partial charge < -0.3 is 15.4 Å². The predicted octanol–water partition coefficient (Wildman–Crippen LogP) is 1.46. The molecule has 0 aliphatic carbocycles. The van der Waals surface area contributed by atoms with Gasteiger partial charge in [0.15, 0.2) is 0 Å². The van der Waals surface area contributed by atoms with Crippen LogP contribution in [-0.4, -0.2) is 32.1 Å². The third-order valence-corrected chi connectivity index (χ3v) is 2.46. The van der Waals surface area contributed by atoms with Gasteiger partial charge in [0, 0.05) is 5.69 Å². The van der Waals surface area contributed by atoms with Crippen LogP contribution >= 0.6 is 0 Å². The second kappa shape index (κ2) is 4.04. The molecule has 0 aliphatic rings. The fraction of sp³-hybridized carbons (Fsp3) is 0.364. The first-order chi connectivity index (χ1) is 7.97. The quantitative estimate of drug-likeness (QED) is 0.747. The van der Waals surface area contributed by atoms with Gasteiger partial charge >= 0.3 is 5.97 Å². The molecule has 6 nitrogen and oxygen atoms in total. The highest BCUT2D eigenvalue weighted by atomic mass is 16.4. The zero-order valence-electron chi connectivity index (χ0n) is 9.90. The Hall–Kier alpha value is -2.11. The van der Waals surface area contributed by atoms with Crippen molar-refractivity contribution in [3.8, 4) is 0 Å². The van der Waals surface area contributed by atoms with E-state index in [1.807, 2.05) is 13.0 Å². The first kappa shape index (κ1) is 11.4. The molecule has 0 radical (unpaired) electrons. The maximum Gasteiger partial charge on any atom is 0.325 e. The lowest BCUT2D eigenvalue weighted by Crippen LogP contribution is -2.26. The molecular formula is C11H14N4O2. The van der Waals surface area contributed by atoms with E-state index in [9.17, 15) is 4.79 Å². The molecule has 0 aromatic carbocycles. The third kappa shape index (κ3) is 2.20. The van der Waals surface area contributed by atoms with Crippen molar-refractivity contribution in [2.45, 2.75) is 26.8 Å². The van der Waals surface area contributed by atoms with Crippen LogP contribution in [0.25, 0.3) is 11.0 Å². The van der Waals surface area contributed by atoms with Crippen molar-refractivity contribution in [2.75, 3.05) is 5.32 Å². The monoisotopic (exact) mass is 234 g/mol. The van der Waals surface area contributed by atoms with Crippen LogP contribution in [0.15, 0.2) is 6.07 Å². The topological polar surface area (TPSA) is 90.9 Å². The molecule has 0 spiro atoms. The molecule has 2 aromatic rings. The molecule has 0 saturated heterocycles. The highest BCUT2D eigenvalue weighted by Gasteiger charge is 2.14. The summed E-state index contributed by atoms with van der Waals surface area (Å²) in [7, 11) is 0. The Morgan fingerprint density at radius 3 is 2.82 bits per heavy atom. The summed E-state index contributed by atoms with van der Waals surface area (Å²) in [6.07, 6.45) is 0. The number of fused-ring (bicyclic) bond motifs is 1. The lowest BCUT2D eigenvalue weighted by atomic mass is 10.3. The summed E-state index contributed by atoms with van der Waals surface area (Å²) in [6.45, 7) is 5.26. The smallest absolute Gasteiger partial charge is 0.325 e. The minimum absolute atomic E-state index is 0.548. The summed E-state index contributed by atoms with van der Waals surface area (Å²) in [6, 6.07) is 1.20. The van der Waals surface area contributed by atoms with Crippen molar-refractivity contribution in [1.29, 1.82) is 0 Å². The van der Waals surface area contributed by atoms with Crippen LogP contribution in [0.1, 0.15) is 18.4 Å². The highest BCUT2D eigenvalue weighted by Crippen LogP contribution is 2.21. The van der Waals surface area contributed by atoms with Crippen LogP contribution in [-0.2, 0) is 4.79 Å². The van der Waals surface area contributed by atoms with E-state index in [1.54, 1.807) is 13.8 Å². The normalized spacial score (nSPS) is 12.6. The number of aryl methyl sites for hydroxylation is 2. The van der Waals surface area contributed by atoms with Crippen molar-refractivity contribution < 1.29 is 9.90 Å². The minimum atomic E-state index is -0.915. The number of hydrogen-bond donors (Lipinski definition) is 3. The molecule has 0 amide bonds. The maximum atomic E-state index is 10.8. The molecule has 6 heteroatoms. The molecule has 0 bridgehead atoms. The summed E-state index contributed by atoms with van der Waals surface area (Å²) < 4.78 is 0. The van der Waals surface area contributed by atoms with Gasteiger partial charge in [0.1, 0.15) is 23.3 Å². The summed E-state index contributed by atoms with van der Waals surface area (Å²) in [5.74, 6) is 0.230. The van der Waals surface area contributed by atoms with E-state index >= 15 is 0 Å². The van der Waals surface area contributed by atoms with Crippen molar-refractivity contribution >= 4 is 22.8 Å². The third-order valence-electron chi connectivity index (χ3n) is 2.46. The Bertz CT molecular complexity index is 576. The Morgan fingerprint density at radius 1 is 1.47 bits per heavy atom. The first-order valence-corrected chi connectivity index (χ1v) is 5.30. The maximum absolute atomic E-state index is 10.8. The number of aliphatic carboxylic acids is 1. The van der Waals surface area contributed by atoms with Gasteiger partial charge in [-0.1, -0.05) is 0 Å². The lowest BCUT2D eigenvalue weighted by Gasteiger charge is -2.10. The van der Waals surface area contributed by atoms with Crippen LogP contribution in [0.4, 0.5) is 5.82 Å². The molecular weight excluding hydrogens is 220 g/mol. The van der Waals surface area contributed by atoms with Gasteiger partial charge in [0.2, 0.25) is 0 Å². The SMILES string of the molecule is Cc1nc(NC(C)C(=O)O)c2cc(C)[nH]c2n1. The van der Waals surface area contributed by atoms with Gasteiger partial charge in [0.05, 0.1) is 5.39 Å². The van der Waals surface area contributed by atoms with Gasteiger partial charge in [-0.25, -0.2) is 9.97 Å². The van der Waals surface area contributed by atoms with E-state index in [-0.39, 0.29) is 0 Å². The Morgan fingerprint density at radius 2 is 2.18 bits per heavy atom. The second-order valence-electron chi connectivity index (χ2n) is 4.04. The second-order valence-corrected chi connectivity index (χ2v) is 4.04. The number of aromatic nitrogens is 3. The number of rotatable bonds is 3. The number of carboxylic acid groups (broad SMARTS) is 1. The van der Waals surface area contributed by atoms with Crippen molar-refractivity contribution in [1.82, 2.24) is 15.0 Å². The molecule has 90 valence electrons. The van der Waals surface area contributed by atoms with Crippen molar-refractivity contribution in [3.05, 3.63) is 17.6 Å². The van der Waals surface area contributed by atoms with Crippen molar-refractivity contribution in [3.63, 3.8) is 0 Å². The van der Waals surface area contributed by atoms with Crippen molar-refractivity contribution in [2.24, 2.45) is 0 Å². The average Bonchev–Trinajstić information content (AvgIpc) is 2.58. The summed E-state index contributed by atoms with van der Waals surface area (Å²) >= 11 is 0. The molecule has 2 rings (SSSR count). The fourth-order valence-electron chi connectivity index (χ4n) is 1.63. The molecule has 3 N–H and O–H groups in total. The van der Waals surface area contributed by atoms with E-state index in [4.69, 9.17) is 5.11 Å². The number of nitrogens with one attached hydrogen (secondary N) is 2. The minimum Gasteiger partial charge on any atom is -0.480 e. The van der Waals surface area contributed by atoms with Crippen LogP contribution in [0.3, 0.4) is 0 Å². The Kier molecular flexibility index (Phi) is 2.71. The fourth-order valence-corrected chi connectivity index (χ4v) is 1.63. The van der Waals surface area contributed by atoms with Crippen LogP contribution in [0.5, 0.6) is 0 Å². The van der Waals surface area contributed by atoms with Gasteiger partial charge in [-0.15, -0.1) is 0 Å². The number of nitrogens with zero attached hydrogens (tertiary/aromatic N) is 2. The standard InChI is InChI=1S/C11H14N4O2/c1-5-4-8-9(12-5)14-7(3)15-10(8)13-6(2)11(16)17/h4,6H,1-3H3,(H,16,17)(H2,12,13,14,15). The summed E-state index contributed by atoms with van der Waals surface area (Å²) in [4.78, 5) is 22.4. The molecule has 2 aromatic heterocycles. The first-order valence-electron chi connectivity index (χ1n) is 5.30. The number of carbonyl (C=O) groups is 1. The van der Waals surface area contributed by atoms with E-state index in [0.29, 0.717) is 11.6 Å². The molecule has 1 unspecified atom stereocenters. The van der Waals surface area contributed by atoms with Crippen LogP contribution in [0.2, 0.25) is 0 Å². The number of aromatic amines is 1. The van der Waals surface area contributed by atoms with Gasteiger partial charge in [-0.05, 0) is 26.8 Å². The average molecular weight is 234 g/mol. The summed E-state index contributed by atoms with van der Waals surface area (Å²) in [5.41, 5.74) is 1.68. The number of H-pyrrole nitrogens is 1. The van der Waals surface area contributed by atoms with E-state index < -0.39 is 12.0 Å². The Balaban J connectivity index is 2.48. The number of hydrogen-bond acceptors (Lipinski definition) is 4. The summed E-state index contributed by atoms with van der Waals surface area (Å²) in [5, 5.41) is 12.6. The number of carboxylic acids is 1. The zero-order chi connectivity index (χ0) is 12.6. The van der Waals surface area contributed by atoms with E-state index in [1.165, 1.54) is 0 Å². The number of anilines is 1. The van der Waals surface area contributed by atoms with Gasteiger partial charge in [-0.3, -0.25) is 4.79 Å². The van der Waals surface area contributed by atoms with E-state index in [2.05, 4.69) is 20.3 Å². The largest absolute Gasteiger partial charge is 0.480 e. The molecule has 0 saturated carbocycles. The molecule has 2 heterocycles. The molecule has 0 aliphatic heterocycles.